The standard InChI is InChI=1S/C31H24F4/c1-2-3-4-5-24-19-29(33)27(30(34)20-24)16-12-22-8-6-21(7-9-22)10-11-23-13-15-26-25(18-23)14-17-28(32)31(26)35/h2-3,6-9,13-15,17-20H,4-5,12,16H2,1H3/b3-2+. The molecule has 4 heteroatoms. The molecule has 0 aliphatic heterocycles. The molecule has 4 aromatic rings. The molecule has 0 aromatic heterocycles. The number of aryl methyl sites for hydroxylation is 2. The van der Waals surface area contributed by atoms with Crippen molar-refractivity contribution in [2.24, 2.45) is 0 Å². The van der Waals surface area contributed by atoms with Crippen LogP contribution in [-0.2, 0) is 19.3 Å². The average molecular weight is 473 g/mol. The predicted molar refractivity (Wildman–Crippen MR) is 133 cm³/mol. The normalized spacial score (nSPS) is 11.1. The van der Waals surface area contributed by atoms with Gasteiger partial charge in [0.2, 0.25) is 0 Å². The van der Waals surface area contributed by atoms with E-state index in [4.69, 9.17) is 0 Å². The van der Waals surface area contributed by atoms with Crippen molar-refractivity contribution in [2.45, 2.75) is 32.6 Å². The van der Waals surface area contributed by atoms with Crippen molar-refractivity contribution in [3.05, 3.63) is 130 Å². The highest BCUT2D eigenvalue weighted by atomic mass is 19.2. The van der Waals surface area contributed by atoms with Gasteiger partial charge in [-0.1, -0.05) is 48.3 Å². The van der Waals surface area contributed by atoms with E-state index in [1.807, 2.05) is 43.3 Å². The first-order valence-corrected chi connectivity index (χ1v) is 11.5. The van der Waals surface area contributed by atoms with Crippen LogP contribution in [-0.4, -0.2) is 0 Å². The van der Waals surface area contributed by atoms with Gasteiger partial charge in [0.15, 0.2) is 11.6 Å². The molecule has 35 heavy (non-hydrogen) atoms. The predicted octanol–water partition coefficient (Wildman–Crippen LogP) is 8.09. The zero-order chi connectivity index (χ0) is 24.8. The summed E-state index contributed by atoms with van der Waals surface area (Å²) >= 11 is 0. The van der Waals surface area contributed by atoms with Gasteiger partial charge in [-0.15, -0.1) is 0 Å². The molecule has 0 bridgehead atoms. The highest BCUT2D eigenvalue weighted by Gasteiger charge is 2.11. The first-order valence-electron chi connectivity index (χ1n) is 11.5. The lowest BCUT2D eigenvalue weighted by molar-refractivity contribution is 0.517. The molecule has 0 N–H and O–H groups in total. The molecule has 4 aromatic carbocycles. The molecule has 0 unspecified atom stereocenters. The van der Waals surface area contributed by atoms with E-state index in [0.717, 1.165) is 23.6 Å². The molecular formula is C31H24F4. The summed E-state index contributed by atoms with van der Waals surface area (Å²) < 4.78 is 56.2. The van der Waals surface area contributed by atoms with Crippen LogP contribution < -0.4 is 0 Å². The Bertz CT molecular complexity index is 1410. The quantitative estimate of drug-likeness (QED) is 0.151. The fraction of sp³-hybridized carbons (Fsp3) is 0.161. The Hall–Kier alpha value is -3.84. The molecule has 0 atom stereocenters. The summed E-state index contributed by atoms with van der Waals surface area (Å²) in [6, 6.07) is 17.9. The molecule has 176 valence electrons. The molecule has 0 fully saturated rings. The largest absolute Gasteiger partial charge is 0.207 e. The Morgan fingerprint density at radius 2 is 1.34 bits per heavy atom. The SMILES string of the molecule is C/C=C/CCc1cc(F)c(CCc2ccc(C#Cc3ccc4c(F)c(F)ccc4c3)cc2)c(F)c1. The molecular weight excluding hydrogens is 448 g/mol. The Labute approximate surface area is 202 Å². The van der Waals surface area contributed by atoms with Gasteiger partial charge in [-0.05, 0) is 91.6 Å². The van der Waals surface area contributed by atoms with E-state index >= 15 is 0 Å². The van der Waals surface area contributed by atoms with Crippen LogP contribution in [0.2, 0.25) is 0 Å². The van der Waals surface area contributed by atoms with Gasteiger partial charge in [-0.3, -0.25) is 0 Å². The number of rotatable bonds is 6. The zero-order valence-electron chi connectivity index (χ0n) is 19.3. The van der Waals surface area contributed by atoms with E-state index < -0.39 is 23.3 Å². The van der Waals surface area contributed by atoms with Crippen molar-refractivity contribution in [3.63, 3.8) is 0 Å². The van der Waals surface area contributed by atoms with Crippen LogP contribution in [0.5, 0.6) is 0 Å². The van der Waals surface area contributed by atoms with Crippen molar-refractivity contribution < 1.29 is 17.6 Å². The summed E-state index contributed by atoms with van der Waals surface area (Å²) in [5.41, 5.74) is 3.19. The summed E-state index contributed by atoms with van der Waals surface area (Å²) in [6.07, 6.45) is 6.03. The minimum atomic E-state index is -0.876. The summed E-state index contributed by atoms with van der Waals surface area (Å²) in [7, 11) is 0. The molecule has 0 amide bonds. The second kappa shape index (κ2) is 11.1. The summed E-state index contributed by atoms with van der Waals surface area (Å²) in [4.78, 5) is 0. The second-order valence-electron chi connectivity index (χ2n) is 8.39. The molecule has 0 radical (unpaired) electrons. The fourth-order valence-electron chi connectivity index (χ4n) is 3.97. The Kier molecular flexibility index (Phi) is 7.67. The van der Waals surface area contributed by atoms with Gasteiger partial charge in [0, 0.05) is 22.1 Å². The number of halogens is 4. The monoisotopic (exact) mass is 472 g/mol. The van der Waals surface area contributed by atoms with Gasteiger partial charge >= 0.3 is 0 Å². The van der Waals surface area contributed by atoms with Gasteiger partial charge in [0.1, 0.15) is 11.6 Å². The summed E-state index contributed by atoms with van der Waals surface area (Å²) in [5, 5.41) is 0.799. The van der Waals surface area contributed by atoms with Crippen molar-refractivity contribution >= 4 is 10.8 Å². The Balaban J connectivity index is 1.41. The maximum atomic E-state index is 14.5. The lowest BCUT2D eigenvalue weighted by Crippen LogP contribution is -2.01. The highest BCUT2D eigenvalue weighted by Crippen LogP contribution is 2.22. The Morgan fingerprint density at radius 3 is 2.06 bits per heavy atom. The molecule has 0 aliphatic rings. The minimum absolute atomic E-state index is 0.108. The van der Waals surface area contributed by atoms with Gasteiger partial charge in [-0.2, -0.15) is 0 Å². The zero-order valence-corrected chi connectivity index (χ0v) is 19.3. The van der Waals surface area contributed by atoms with E-state index in [1.54, 1.807) is 12.1 Å². The highest BCUT2D eigenvalue weighted by molar-refractivity contribution is 5.84. The molecule has 4 rings (SSSR count). The Morgan fingerprint density at radius 1 is 0.657 bits per heavy atom. The van der Waals surface area contributed by atoms with E-state index in [1.165, 1.54) is 24.3 Å². The molecule has 0 aliphatic carbocycles. The number of hydrogen-bond acceptors (Lipinski definition) is 0. The number of fused-ring (bicyclic) bond motifs is 1. The summed E-state index contributed by atoms with van der Waals surface area (Å²) in [6.45, 7) is 1.92. The second-order valence-corrected chi connectivity index (χ2v) is 8.39. The first kappa shape index (κ1) is 24.3. The van der Waals surface area contributed by atoms with E-state index in [9.17, 15) is 17.6 Å². The molecule has 0 heterocycles. The lowest BCUT2D eigenvalue weighted by atomic mass is 9.99. The number of benzene rings is 4. The van der Waals surface area contributed by atoms with Crippen LogP contribution >= 0.6 is 0 Å². The third kappa shape index (κ3) is 6.00. The molecule has 0 spiro atoms. The van der Waals surface area contributed by atoms with Crippen LogP contribution in [0.3, 0.4) is 0 Å². The van der Waals surface area contributed by atoms with E-state index in [2.05, 4.69) is 11.8 Å². The van der Waals surface area contributed by atoms with Gasteiger partial charge < -0.3 is 0 Å². The van der Waals surface area contributed by atoms with Crippen molar-refractivity contribution in [1.29, 1.82) is 0 Å². The van der Waals surface area contributed by atoms with E-state index in [0.29, 0.717) is 29.4 Å². The molecule has 0 saturated carbocycles. The van der Waals surface area contributed by atoms with Crippen molar-refractivity contribution in [2.75, 3.05) is 0 Å². The van der Waals surface area contributed by atoms with Crippen LogP contribution in [0.4, 0.5) is 17.6 Å². The lowest BCUT2D eigenvalue weighted by Gasteiger charge is -2.08. The van der Waals surface area contributed by atoms with Crippen LogP contribution in [0.15, 0.2) is 78.9 Å². The van der Waals surface area contributed by atoms with Crippen molar-refractivity contribution in [1.82, 2.24) is 0 Å². The maximum Gasteiger partial charge on any atom is 0.166 e. The number of allylic oxidation sites excluding steroid dienone is 2. The van der Waals surface area contributed by atoms with Crippen LogP contribution in [0, 0.1) is 35.1 Å². The molecule has 0 saturated heterocycles. The first-order chi connectivity index (χ1) is 16.9. The topological polar surface area (TPSA) is 0 Å². The summed E-state index contributed by atoms with van der Waals surface area (Å²) in [5.74, 6) is 3.35. The van der Waals surface area contributed by atoms with Gasteiger partial charge in [0.05, 0.1) is 0 Å². The van der Waals surface area contributed by atoms with Crippen molar-refractivity contribution in [3.8, 4) is 11.8 Å². The fourth-order valence-corrected chi connectivity index (χ4v) is 3.97. The van der Waals surface area contributed by atoms with Crippen LogP contribution in [0.25, 0.3) is 10.8 Å². The third-order valence-electron chi connectivity index (χ3n) is 5.91. The average Bonchev–Trinajstić information content (AvgIpc) is 2.85. The molecule has 0 nitrogen and oxygen atoms in total. The maximum absolute atomic E-state index is 14.5. The van der Waals surface area contributed by atoms with Gasteiger partial charge in [-0.25, -0.2) is 17.6 Å². The van der Waals surface area contributed by atoms with E-state index in [-0.39, 0.29) is 17.4 Å². The smallest absolute Gasteiger partial charge is 0.166 e. The van der Waals surface area contributed by atoms with Crippen LogP contribution in [0.1, 0.15) is 41.2 Å². The number of hydrogen-bond donors (Lipinski definition) is 0. The minimum Gasteiger partial charge on any atom is -0.207 e. The van der Waals surface area contributed by atoms with Gasteiger partial charge in [0.25, 0.3) is 0 Å². The third-order valence-corrected chi connectivity index (χ3v) is 5.91.